The highest BCUT2D eigenvalue weighted by Gasteiger charge is 2.15. The van der Waals surface area contributed by atoms with Crippen LogP contribution in [0.25, 0.3) is 0 Å². The minimum Gasteiger partial charge on any atom is -0.378 e. The summed E-state index contributed by atoms with van der Waals surface area (Å²) in [6, 6.07) is 9.37. The molecular formula is C19H30N4O. The van der Waals surface area contributed by atoms with Crippen molar-refractivity contribution in [3.63, 3.8) is 0 Å². The van der Waals surface area contributed by atoms with Gasteiger partial charge in [-0.2, -0.15) is 0 Å². The number of ether oxygens (including phenoxy) is 1. The molecule has 1 saturated carbocycles. The first-order chi connectivity index (χ1) is 11.8. The maximum Gasteiger partial charge on any atom is 0.191 e. The SMILES string of the molecule is CCNC(=NCc1ccc(N2CCOCC2)cc1)NC1CCCC1. The van der Waals surface area contributed by atoms with Crippen molar-refractivity contribution >= 4 is 11.6 Å². The lowest BCUT2D eigenvalue weighted by atomic mass is 10.2. The molecule has 1 aliphatic carbocycles. The Bertz CT molecular complexity index is 517. The number of hydrogen-bond donors (Lipinski definition) is 2. The average molecular weight is 330 g/mol. The van der Waals surface area contributed by atoms with Gasteiger partial charge >= 0.3 is 0 Å². The zero-order valence-electron chi connectivity index (χ0n) is 14.8. The van der Waals surface area contributed by atoms with Gasteiger partial charge in [0.05, 0.1) is 19.8 Å². The molecule has 0 spiro atoms. The van der Waals surface area contributed by atoms with Crippen molar-refractivity contribution < 1.29 is 4.74 Å². The normalized spacial score (nSPS) is 19.5. The van der Waals surface area contributed by atoms with Gasteiger partial charge in [0.25, 0.3) is 0 Å². The van der Waals surface area contributed by atoms with E-state index in [4.69, 9.17) is 9.73 Å². The van der Waals surface area contributed by atoms with Gasteiger partial charge in [0, 0.05) is 31.4 Å². The van der Waals surface area contributed by atoms with Gasteiger partial charge in [-0.15, -0.1) is 0 Å². The van der Waals surface area contributed by atoms with Crippen molar-refractivity contribution in [1.29, 1.82) is 0 Å². The standard InChI is InChI=1S/C19H30N4O/c1-2-20-19(22-17-5-3-4-6-17)21-15-16-7-9-18(10-8-16)23-11-13-24-14-12-23/h7-10,17H,2-6,11-15H2,1H3,(H2,20,21,22). The van der Waals surface area contributed by atoms with E-state index in [1.54, 1.807) is 0 Å². The molecule has 5 nitrogen and oxygen atoms in total. The fraction of sp³-hybridized carbons (Fsp3) is 0.632. The van der Waals surface area contributed by atoms with Crippen LogP contribution in [0.2, 0.25) is 0 Å². The summed E-state index contributed by atoms with van der Waals surface area (Å²) >= 11 is 0. The largest absolute Gasteiger partial charge is 0.378 e. The molecule has 5 heteroatoms. The van der Waals surface area contributed by atoms with Gasteiger partial charge in [0.15, 0.2) is 5.96 Å². The van der Waals surface area contributed by atoms with Crippen LogP contribution in [0.1, 0.15) is 38.2 Å². The third-order valence-electron chi connectivity index (χ3n) is 4.77. The van der Waals surface area contributed by atoms with E-state index in [-0.39, 0.29) is 0 Å². The predicted octanol–water partition coefficient (Wildman–Crippen LogP) is 2.52. The van der Waals surface area contributed by atoms with Crippen molar-refractivity contribution in [2.75, 3.05) is 37.7 Å². The van der Waals surface area contributed by atoms with E-state index in [9.17, 15) is 0 Å². The Morgan fingerprint density at radius 2 is 1.88 bits per heavy atom. The smallest absolute Gasteiger partial charge is 0.191 e. The molecule has 2 aliphatic rings. The number of nitrogens with zero attached hydrogens (tertiary/aromatic N) is 2. The van der Waals surface area contributed by atoms with E-state index in [0.717, 1.165) is 38.8 Å². The molecule has 0 atom stereocenters. The van der Waals surface area contributed by atoms with Crippen LogP contribution in [-0.2, 0) is 11.3 Å². The molecule has 2 fully saturated rings. The Balaban J connectivity index is 1.56. The number of hydrogen-bond acceptors (Lipinski definition) is 3. The summed E-state index contributed by atoms with van der Waals surface area (Å²) in [5.41, 5.74) is 2.53. The van der Waals surface area contributed by atoms with Crippen molar-refractivity contribution in [3.05, 3.63) is 29.8 Å². The lowest BCUT2D eigenvalue weighted by Gasteiger charge is -2.28. The minimum absolute atomic E-state index is 0.589. The molecule has 3 rings (SSSR count). The molecule has 132 valence electrons. The Morgan fingerprint density at radius 3 is 2.54 bits per heavy atom. The molecule has 1 aromatic carbocycles. The molecule has 0 radical (unpaired) electrons. The zero-order chi connectivity index (χ0) is 16.6. The number of anilines is 1. The lowest BCUT2D eigenvalue weighted by molar-refractivity contribution is 0.122. The fourth-order valence-electron chi connectivity index (χ4n) is 3.39. The third-order valence-corrected chi connectivity index (χ3v) is 4.77. The molecule has 1 heterocycles. The van der Waals surface area contributed by atoms with Crippen LogP contribution in [0, 0.1) is 0 Å². The molecule has 0 bridgehead atoms. The van der Waals surface area contributed by atoms with E-state index in [1.165, 1.54) is 36.9 Å². The molecule has 24 heavy (non-hydrogen) atoms. The lowest BCUT2D eigenvalue weighted by Crippen LogP contribution is -2.42. The van der Waals surface area contributed by atoms with E-state index >= 15 is 0 Å². The first-order valence-electron chi connectivity index (χ1n) is 9.31. The van der Waals surface area contributed by atoms with Gasteiger partial charge in [0.2, 0.25) is 0 Å². The molecular weight excluding hydrogens is 300 g/mol. The van der Waals surface area contributed by atoms with Crippen LogP contribution in [-0.4, -0.2) is 44.8 Å². The predicted molar refractivity (Wildman–Crippen MR) is 99.7 cm³/mol. The van der Waals surface area contributed by atoms with E-state index in [2.05, 4.69) is 46.7 Å². The van der Waals surface area contributed by atoms with Gasteiger partial charge in [-0.3, -0.25) is 0 Å². The second-order valence-electron chi connectivity index (χ2n) is 6.59. The number of morpholine rings is 1. The van der Waals surface area contributed by atoms with E-state index < -0.39 is 0 Å². The maximum absolute atomic E-state index is 5.41. The Labute approximate surface area is 145 Å². The second-order valence-corrected chi connectivity index (χ2v) is 6.59. The highest BCUT2D eigenvalue weighted by atomic mass is 16.5. The summed E-state index contributed by atoms with van der Waals surface area (Å²) in [5, 5.41) is 6.93. The number of nitrogens with one attached hydrogen (secondary N) is 2. The molecule has 0 amide bonds. The first-order valence-corrected chi connectivity index (χ1v) is 9.31. The van der Waals surface area contributed by atoms with E-state index in [0.29, 0.717) is 12.6 Å². The van der Waals surface area contributed by atoms with Crippen molar-refractivity contribution in [2.24, 2.45) is 4.99 Å². The number of benzene rings is 1. The Kier molecular flexibility index (Phi) is 6.35. The van der Waals surface area contributed by atoms with Gasteiger partial charge in [-0.25, -0.2) is 4.99 Å². The summed E-state index contributed by atoms with van der Waals surface area (Å²) in [4.78, 5) is 7.13. The summed E-state index contributed by atoms with van der Waals surface area (Å²) in [7, 11) is 0. The van der Waals surface area contributed by atoms with Crippen LogP contribution in [0.4, 0.5) is 5.69 Å². The van der Waals surface area contributed by atoms with Crippen LogP contribution in [0.5, 0.6) is 0 Å². The zero-order valence-corrected chi connectivity index (χ0v) is 14.8. The fourth-order valence-corrected chi connectivity index (χ4v) is 3.39. The number of rotatable bonds is 5. The summed E-state index contributed by atoms with van der Waals surface area (Å²) in [6.07, 6.45) is 5.19. The third kappa shape index (κ3) is 4.87. The average Bonchev–Trinajstić information content (AvgIpc) is 3.14. The molecule has 0 aromatic heterocycles. The van der Waals surface area contributed by atoms with Gasteiger partial charge in [-0.1, -0.05) is 25.0 Å². The van der Waals surface area contributed by atoms with Crippen LogP contribution >= 0.6 is 0 Å². The van der Waals surface area contributed by atoms with Gasteiger partial charge in [-0.05, 0) is 37.5 Å². The monoisotopic (exact) mass is 330 g/mol. The maximum atomic E-state index is 5.41. The Morgan fingerprint density at radius 1 is 1.17 bits per heavy atom. The quantitative estimate of drug-likeness (QED) is 0.643. The molecule has 1 aromatic rings. The summed E-state index contributed by atoms with van der Waals surface area (Å²) in [6.45, 7) is 7.33. The molecule has 1 aliphatic heterocycles. The second kappa shape index (κ2) is 8.92. The Hall–Kier alpha value is -1.75. The molecule has 0 unspecified atom stereocenters. The topological polar surface area (TPSA) is 48.9 Å². The van der Waals surface area contributed by atoms with E-state index in [1.807, 2.05) is 0 Å². The highest BCUT2D eigenvalue weighted by Crippen LogP contribution is 2.18. The minimum atomic E-state index is 0.589. The van der Waals surface area contributed by atoms with Crippen LogP contribution in [0.3, 0.4) is 0 Å². The number of guanidine groups is 1. The van der Waals surface area contributed by atoms with Gasteiger partial charge in [0.1, 0.15) is 0 Å². The molecule has 1 saturated heterocycles. The van der Waals surface area contributed by atoms with Crippen molar-refractivity contribution in [1.82, 2.24) is 10.6 Å². The first kappa shape index (κ1) is 17.1. The van der Waals surface area contributed by atoms with Crippen LogP contribution in [0.15, 0.2) is 29.3 Å². The van der Waals surface area contributed by atoms with Crippen molar-refractivity contribution in [2.45, 2.75) is 45.2 Å². The van der Waals surface area contributed by atoms with Crippen molar-refractivity contribution in [3.8, 4) is 0 Å². The molecule has 2 N–H and O–H groups in total. The van der Waals surface area contributed by atoms with Gasteiger partial charge < -0.3 is 20.3 Å². The number of aliphatic imine (C=N–C) groups is 1. The highest BCUT2D eigenvalue weighted by molar-refractivity contribution is 5.80. The summed E-state index contributed by atoms with van der Waals surface area (Å²) < 4.78 is 5.41. The van der Waals surface area contributed by atoms with Crippen LogP contribution < -0.4 is 15.5 Å². The summed E-state index contributed by atoms with van der Waals surface area (Å²) in [5.74, 6) is 0.946.